The lowest BCUT2D eigenvalue weighted by Crippen LogP contribution is -2.53. The van der Waals surface area contributed by atoms with Gasteiger partial charge in [0.1, 0.15) is 5.75 Å². The molecule has 7 heteroatoms. The van der Waals surface area contributed by atoms with Gasteiger partial charge in [-0.3, -0.25) is 9.59 Å². The minimum absolute atomic E-state index is 0.0947. The minimum Gasteiger partial charge on any atom is -0.481 e. The van der Waals surface area contributed by atoms with Crippen LogP contribution in [0.25, 0.3) is 0 Å². The maximum Gasteiger partial charge on any atom is 0.289 e. The highest BCUT2D eigenvalue weighted by Gasteiger charge is 2.29. The summed E-state index contributed by atoms with van der Waals surface area (Å²) < 4.78 is 10.9. The monoisotopic (exact) mass is 376 g/mol. The molecule has 0 saturated carbocycles. The van der Waals surface area contributed by atoms with Gasteiger partial charge in [0, 0.05) is 31.2 Å². The Morgan fingerprint density at radius 1 is 1.15 bits per heavy atom. The van der Waals surface area contributed by atoms with E-state index in [0.29, 0.717) is 42.7 Å². The van der Waals surface area contributed by atoms with Crippen LogP contribution in [0.5, 0.6) is 5.75 Å². The Labute approximate surface area is 157 Å². The molecule has 1 saturated heterocycles. The molecule has 3 rings (SSSR count). The zero-order valence-corrected chi connectivity index (χ0v) is 15.5. The van der Waals surface area contributed by atoms with Crippen LogP contribution < -0.4 is 4.74 Å². The fourth-order valence-corrected chi connectivity index (χ4v) is 3.01. The van der Waals surface area contributed by atoms with Crippen molar-refractivity contribution in [2.75, 3.05) is 26.2 Å². The first-order chi connectivity index (χ1) is 12.5. The molecule has 138 valence electrons. The third-order valence-electron chi connectivity index (χ3n) is 4.40. The largest absolute Gasteiger partial charge is 0.481 e. The molecule has 1 aliphatic rings. The smallest absolute Gasteiger partial charge is 0.289 e. The van der Waals surface area contributed by atoms with Gasteiger partial charge in [-0.2, -0.15) is 0 Å². The molecule has 2 heterocycles. The number of amides is 2. The molecular weight excluding hydrogens is 356 g/mol. The van der Waals surface area contributed by atoms with E-state index in [1.807, 2.05) is 13.0 Å². The molecule has 6 nitrogen and oxygen atoms in total. The second kappa shape index (κ2) is 7.83. The molecular formula is C19H21ClN2O4. The van der Waals surface area contributed by atoms with E-state index >= 15 is 0 Å². The molecule has 26 heavy (non-hydrogen) atoms. The average Bonchev–Trinajstić information content (AvgIpc) is 3.18. The van der Waals surface area contributed by atoms with Crippen LogP contribution in [0, 0.1) is 6.92 Å². The number of hydrogen-bond donors (Lipinski definition) is 0. The lowest BCUT2D eigenvalue weighted by molar-refractivity contribution is -0.139. The van der Waals surface area contributed by atoms with Crippen molar-refractivity contribution >= 4 is 23.4 Å². The van der Waals surface area contributed by atoms with Gasteiger partial charge in [-0.15, -0.1) is 0 Å². The molecule has 1 aromatic carbocycles. The first kappa shape index (κ1) is 18.3. The molecule has 0 spiro atoms. The molecule has 2 amide bonds. The van der Waals surface area contributed by atoms with Crippen molar-refractivity contribution in [1.29, 1.82) is 0 Å². The Morgan fingerprint density at radius 3 is 2.46 bits per heavy atom. The number of carbonyl (C=O) groups is 2. The van der Waals surface area contributed by atoms with Crippen molar-refractivity contribution in [3.63, 3.8) is 0 Å². The maximum absolute atomic E-state index is 12.6. The zero-order chi connectivity index (χ0) is 18.7. The van der Waals surface area contributed by atoms with Gasteiger partial charge in [-0.1, -0.05) is 11.6 Å². The fourth-order valence-electron chi connectivity index (χ4n) is 2.89. The zero-order valence-electron chi connectivity index (χ0n) is 14.8. The second-order valence-corrected chi connectivity index (χ2v) is 6.67. The molecule has 1 fully saturated rings. The molecule has 0 radical (unpaired) electrons. The van der Waals surface area contributed by atoms with Crippen molar-refractivity contribution in [3.05, 3.63) is 52.9 Å². The Kier molecular flexibility index (Phi) is 5.52. The number of carbonyl (C=O) groups excluding carboxylic acids is 2. The number of benzene rings is 1. The lowest BCUT2D eigenvalue weighted by Gasteiger charge is -2.35. The van der Waals surface area contributed by atoms with E-state index in [-0.39, 0.29) is 11.8 Å². The van der Waals surface area contributed by atoms with Gasteiger partial charge < -0.3 is 19.0 Å². The third-order valence-corrected chi connectivity index (χ3v) is 4.82. The van der Waals surface area contributed by atoms with Crippen LogP contribution in [0.15, 0.2) is 41.0 Å². The summed E-state index contributed by atoms with van der Waals surface area (Å²) in [6.07, 6.45) is 0.868. The van der Waals surface area contributed by atoms with E-state index in [4.69, 9.17) is 20.8 Å². The minimum atomic E-state index is -0.608. The average molecular weight is 377 g/mol. The molecule has 0 aliphatic carbocycles. The molecule has 0 bridgehead atoms. The Morgan fingerprint density at radius 2 is 1.85 bits per heavy atom. The van der Waals surface area contributed by atoms with E-state index in [1.165, 1.54) is 6.26 Å². The predicted octanol–water partition coefficient (Wildman–Crippen LogP) is 2.99. The standard InChI is InChI=1S/C19H21ClN2O4/c1-13-12-15(5-6-16(13)20)26-14(2)18(23)21-7-9-22(10-8-21)19(24)17-4-3-11-25-17/h3-6,11-12,14H,7-10H2,1-2H3/t14-/m0/s1. The van der Waals surface area contributed by atoms with Crippen LogP contribution in [0.2, 0.25) is 5.02 Å². The predicted molar refractivity (Wildman–Crippen MR) is 97.5 cm³/mol. The summed E-state index contributed by atoms with van der Waals surface area (Å²) in [4.78, 5) is 28.3. The highest BCUT2D eigenvalue weighted by atomic mass is 35.5. The van der Waals surface area contributed by atoms with Gasteiger partial charge >= 0.3 is 0 Å². The van der Waals surface area contributed by atoms with Crippen molar-refractivity contribution in [1.82, 2.24) is 9.80 Å². The van der Waals surface area contributed by atoms with Crippen LogP contribution in [0.4, 0.5) is 0 Å². The van der Waals surface area contributed by atoms with E-state index in [2.05, 4.69) is 0 Å². The van der Waals surface area contributed by atoms with Gasteiger partial charge in [-0.25, -0.2) is 0 Å². The second-order valence-electron chi connectivity index (χ2n) is 6.27. The van der Waals surface area contributed by atoms with Crippen LogP contribution in [0.1, 0.15) is 23.0 Å². The topological polar surface area (TPSA) is 63.0 Å². The van der Waals surface area contributed by atoms with Crippen molar-refractivity contribution in [3.8, 4) is 5.75 Å². The number of piperazine rings is 1. The van der Waals surface area contributed by atoms with Crippen LogP contribution in [-0.4, -0.2) is 53.9 Å². The van der Waals surface area contributed by atoms with Gasteiger partial charge in [0.2, 0.25) is 0 Å². The molecule has 1 atom stereocenters. The third kappa shape index (κ3) is 4.02. The maximum atomic E-state index is 12.6. The Bertz CT molecular complexity index is 783. The van der Waals surface area contributed by atoms with Crippen LogP contribution >= 0.6 is 11.6 Å². The van der Waals surface area contributed by atoms with Crippen molar-refractivity contribution < 1.29 is 18.7 Å². The van der Waals surface area contributed by atoms with Gasteiger partial charge in [0.05, 0.1) is 6.26 Å². The number of halogens is 1. The summed E-state index contributed by atoms with van der Waals surface area (Å²) >= 11 is 6.01. The van der Waals surface area contributed by atoms with E-state index in [0.717, 1.165) is 5.56 Å². The fraction of sp³-hybridized carbons (Fsp3) is 0.368. The van der Waals surface area contributed by atoms with Crippen molar-refractivity contribution in [2.45, 2.75) is 20.0 Å². The number of hydrogen-bond acceptors (Lipinski definition) is 4. The summed E-state index contributed by atoms with van der Waals surface area (Å²) in [5.41, 5.74) is 0.897. The van der Waals surface area contributed by atoms with Crippen LogP contribution in [0.3, 0.4) is 0 Å². The highest BCUT2D eigenvalue weighted by Crippen LogP contribution is 2.22. The molecule has 2 aromatic rings. The molecule has 0 N–H and O–H groups in total. The Hall–Kier alpha value is -2.47. The number of rotatable bonds is 4. The van der Waals surface area contributed by atoms with Gasteiger partial charge in [0.15, 0.2) is 11.9 Å². The number of furan rings is 1. The van der Waals surface area contributed by atoms with E-state index in [1.54, 1.807) is 41.0 Å². The van der Waals surface area contributed by atoms with E-state index in [9.17, 15) is 9.59 Å². The first-order valence-electron chi connectivity index (χ1n) is 8.50. The molecule has 1 aliphatic heterocycles. The number of nitrogens with zero attached hydrogens (tertiary/aromatic N) is 2. The van der Waals surface area contributed by atoms with Crippen molar-refractivity contribution in [2.24, 2.45) is 0 Å². The van der Waals surface area contributed by atoms with Gasteiger partial charge in [-0.05, 0) is 49.7 Å². The van der Waals surface area contributed by atoms with E-state index < -0.39 is 6.10 Å². The lowest BCUT2D eigenvalue weighted by atomic mass is 10.2. The summed E-state index contributed by atoms with van der Waals surface area (Å²) in [5.74, 6) is 0.685. The summed E-state index contributed by atoms with van der Waals surface area (Å²) in [5, 5.41) is 0.661. The highest BCUT2D eigenvalue weighted by molar-refractivity contribution is 6.31. The summed E-state index contributed by atoms with van der Waals surface area (Å²) in [6, 6.07) is 8.64. The number of aryl methyl sites for hydroxylation is 1. The molecule has 1 aromatic heterocycles. The molecule has 0 unspecified atom stereocenters. The number of ether oxygens (including phenoxy) is 1. The summed E-state index contributed by atoms with van der Waals surface area (Å²) in [7, 11) is 0. The first-order valence-corrected chi connectivity index (χ1v) is 8.88. The van der Waals surface area contributed by atoms with Crippen LogP contribution in [-0.2, 0) is 4.79 Å². The SMILES string of the molecule is Cc1cc(O[C@@H](C)C(=O)N2CCN(C(=O)c3ccco3)CC2)ccc1Cl. The van der Waals surface area contributed by atoms with Gasteiger partial charge in [0.25, 0.3) is 11.8 Å². The summed E-state index contributed by atoms with van der Waals surface area (Å²) in [6.45, 7) is 5.50. The normalized spacial score (nSPS) is 15.7. The quantitative estimate of drug-likeness (QED) is 0.822. The Balaban J connectivity index is 1.54.